The standard InChI is InChI=1S/C13H15N3O3S/c17-13-14-6-7-16(13)12-3-1-10(2-4-12)15-11-5-8-20(18,19)9-11/h1-4,6-7,11,15H,5,8-9H2,(H,14,17). The van der Waals surface area contributed by atoms with Gasteiger partial charge in [0, 0.05) is 24.1 Å². The number of benzene rings is 1. The first kappa shape index (κ1) is 13.0. The van der Waals surface area contributed by atoms with Gasteiger partial charge in [0.2, 0.25) is 0 Å². The summed E-state index contributed by atoms with van der Waals surface area (Å²) in [5.41, 5.74) is 1.44. The molecular formula is C13H15N3O3S. The number of anilines is 1. The van der Waals surface area contributed by atoms with E-state index in [2.05, 4.69) is 10.3 Å². The average Bonchev–Trinajstić information content (AvgIpc) is 2.97. The van der Waals surface area contributed by atoms with E-state index < -0.39 is 9.84 Å². The zero-order valence-corrected chi connectivity index (χ0v) is 11.6. The van der Waals surface area contributed by atoms with E-state index in [0.29, 0.717) is 6.42 Å². The minimum absolute atomic E-state index is 0.0270. The van der Waals surface area contributed by atoms with Crippen LogP contribution in [0.5, 0.6) is 0 Å². The maximum Gasteiger partial charge on any atom is 0.330 e. The van der Waals surface area contributed by atoms with Crippen molar-refractivity contribution in [3.63, 3.8) is 0 Å². The van der Waals surface area contributed by atoms with Crippen LogP contribution in [0.3, 0.4) is 0 Å². The summed E-state index contributed by atoms with van der Waals surface area (Å²) in [6.07, 6.45) is 3.88. The number of aromatic nitrogens is 2. The lowest BCUT2D eigenvalue weighted by atomic mass is 10.2. The van der Waals surface area contributed by atoms with E-state index in [4.69, 9.17) is 0 Å². The van der Waals surface area contributed by atoms with Crippen LogP contribution in [-0.2, 0) is 9.84 Å². The van der Waals surface area contributed by atoms with Crippen LogP contribution in [0, 0.1) is 0 Å². The minimum Gasteiger partial charge on any atom is -0.381 e. The summed E-state index contributed by atoms with van der Waals surface area (Å²) < 4.78 is 24.3. The highest BCUT2D eigenvalue weighted by Gasteiger charge is 2.27. The summed E-state index contributed by atoms with van der Waals surface area (Å²) in [7, 11) is -2.88. The van der Waals surface area contributed by atoms with Gasteiger partial charge in [0.15, 0.2) is 9.84 Å². The molecule has 7 heteroatoms. The summed E-state index contributed by atoms with van der Waals surface area (Å²) in [6, 6.07) is 7.31. The van der Waals surface area contributed by atoms with Gasteiger partial charge in [-0.3, -0.25) is 4.57 Å². The van der Waals surface area contributed by atoms with Crippen LogP contribution in [0.1, 0.15) is 6.42 Å². The van der Waals surface area contributed by atoms with Gasteiger partial charge in [0.05, 0.1) is 17.2 Å². The number of rotatable bonds is 3. The Morgan fingerprint density at radius 2 is 2.00 bits per heavy atom. The molecule has 106 valence electrons. The van der Waals surface area contributed by atoms with E-state index in [0.717, 1.165) is 11.4 Å². The molecule has 1 aliphatic rings. The van der Waals surface area contributed by atoms with Gasteiger partial charge in [-0.1, -0.05) is 0 Å². The Kier molecular flexibility index (Phi) is 3.13. The second-order valence-electron chi connectivity index (χ2n) is 4.93. The summed E-state index contributed by atoms with van der Waals surface area (Å²) in [6.45, 7) is 0. The summed E-state index contributed by atoms with van der Waals surface area (Å²) in [5.74, 6) is 0.438. The van der Waals surface area contributed by atoms with Gasteiger partial charge in [-0.25, -0.2) is 13.2 Å². The van der Waals surface area contributed by atoms with Crippen LogP contribution < -0.4 is 11.0 Å². The number of sulfone groups is 1. The molecule has 20 heavy (non-hydrogen) atoms. The number of aromatic amines is 1. The molecule has 2 aromatic rings. The molecule has 1 saturated heterocycles. The Morgan fingerprint density at radius 1 is 1.25 bits per heavy atom. The molecule has 0 spiro atoms. The van der Waals surface area contributed by atoms with Crippen molar-refractivity contribution in [1.29, 1.82) is 0 Å². The van der Waals surface area contributed by atoms with Crippen molar-refractivity contribution >= 4 is 15.5 Å². The number of H-pyrrole nitrogens is 1. The molecule has 1 aromatic carbocycles. The minimum atomic E-state index is -2.88. The highest BCUT2D eigenvalue weighted by atomic mass is 32.2. The Labute approximate surface area is 116 Å². The number of nitrogens with one attached hydrogen (secondary N) is 2. The van der Waals surface area contributed by atoms with Crippen molar-refractivity contribution in [3.8, 4) is 5.69 Å². The van der Waals surface area contributed by atoms with Crippen molar-refractivity contribution in [1.82, 2.24) is 9.55 Å². The quantitative estimate of drug-likeness (QED) is 0.875. The smallest absolute Gasteiger partial charge is 0.330 e. The fourth-order valence-corrected chi connectivity index (χ4v) is 4.06. The molecule has 0 radical (unpaired) electrons. The molecule has 2 N–H and O–H groups in total. The van der Waals surface area contributed by atoms with Crippen LogP contribution in [0.25, 0.3) is 5.69 Å². The van der Waals surface area contributed by atoms with Gasteiger partial charge in [-0.2, -0.15) is 0 Å². The number of nitrogens with zero attached hydrogens (tertiary/aromatic N) is 1. The van der Waals surface area contributed by atoms with E-state index in [9.17, 15) is 13.2 Å². The monoisotopic (exact) mass is 293 g/mol. The topological polar surface area (TPSA) is 84.0 Å². The Balaban J connectivity index is 1.74. The highest BCUT2D eigenvalue weighted by molar-refractivity contribution is 7.91. The van der Waals surface area contributed by atoms with Crippen molar-refractivity contribution in [3.05, 3.63) is 47.1 Å². The molecule has 1 unspecified atom stereocenters. The summed E-state index contributed by atoms with van der Waals surface area (Å²) in [4.78, 5) is 14.1. The maximum atomic E-state index is 11.5. The fraction of sp³-hybridized carbons (Fsp3) is 0.308. The lowest BCUT2D eigenvalue weighted by molar-refractivity contribution is 0.602. The van der Waals surface area contributed by atoms with Crippen LogP contribution in [0.2, 0.25) is 0 Å². The predicted molar refractivity (Wildman–Crippen MR) is 77.1 cm³/mol. The Hall–Kier alpha value is -2.02. The molecule has 3 rings (SSSR count). The van der Waals surface area contributed by atoms with Gasteiger partial charge in [0.1, 0.15) is 0 Å². The molecule has 0 saturated carbocycles. The predicted octanol–water partition coefficient (Wildman–Crippen LogP) is 0.765. The molecule has 1 aromatic heterocycles. The van der Waals surface area contributed by atoms with Crippen LogP contribution in [0.15, 0.2) is 41.5 Å². The van der Waals surface area contributed by atoms with Crippen molar-refractivity contribution < 1.29 is 8.42 Å². The average molecular weight is 293 g/mol. The SMILES string of the molecule is O=c1[nH]ccn1-c1ccc(NC2CCS(=O)(=O)C2)cc1. The third-order valence-electron chi connectivity index (χ3n) is 3.40. The van der Waals surface area contributed by atoms with E-state index in [1.54, 1.807) is 12.4 Å². The first-order valence-electron chi connectivity index (χ1n) is 6.37. The van der Waals surface area contributed by atoms with Crippen molar-refractivity contribution in [2.45, 2.75) is 12.5 Å². The molecule has 1 aliphatic heterocycles. The van der Waals surface area contributed by atoms with E-state index in [-0.39, 0.29) is 23.2 Å². The van der Waals surface area contributed by atoms with Gasteiger partial charge in [-0.15, -0.1) is 0 Å². The zero-order chi connectivity index (χ0) is 14.2. The molecular weight excluding hydrogens is 278 g/mol. The Morgan fingerprint density at radius 3 is 2.55 bits per heavy atom. The molecule has 6 nitrogen and oxygen atoms in total. The van der Waals surface area contributed by atoms with E-state index >= 15 is 0 Å². The zero-order valence-electron chi connectivity index (χ0n) is 10.7. The van der Waals surface area contributed by atoms with Crippen LogP contribution >= 0.6 is 0 Å². The van der Waals surface area contributed by atoms with Crippen molar-refractivity contribution in [2.75, 3.05) is 16.8 Å². The fourth-order valence-electron chi connectivity index (χ4n) is 2.39. The highest BCUT2D eigenvalue weighted by Crippen LogP contribution is 2.18. The molecule has 1 atom stereocenters. The molecule has 2 heterocycles. The number of hydrogen-bond acceptors (Lipinski definition) is 4. The molecule has 1 fully saturated rings. The van der Waals surface area contributed by atoms with E-state index in [1.807, 2.05) is 24.3 Å². The van der Waals surface area contributed by atoms with Crippen LogP contribution in [-0.4, -0.2) is 35.5 Å². The molecule has 0 aliphatic carbocycles. The summed E-state index contributed by atoms with van der Waals surface area (Å²) in [5, 5.41) is 3.21. The van der Waals surface area contributed by atoms with Crippen molar-refractivity contribution in [2.24, 2.45) is 0 Å². The van der Waals surface area contributed by atoms with Gasteiger partial charge in [-0.05, 0) is 30.7 Å². The third kappa shape index (κ3) is 2.62. The van der Waals surface area contributed by atoms with E-state index in [1.165, 1.54) is 4.57 Å². The lowest BCUT2D eigenvalue weighted by Crippen LogP contribution is -2.20. The molecule has 0 bridgehead atoms. The largest absolute Gasteiger partial charge is 0.381 e. The van der Waals surface area contributed by atoms with Gasteiger partial charge in [0.25, 0.3) is 0 Å². The second-order valence-corrected chi connectivity index (χ2v) is 7.16. The normalized spacial score (nSPS) is 20.9. The lowest BCUT2D eigenvalue weighted by Gasteiger charge is -2.12. The molecule has 0 amide bonds. The maximum absolute atomic E-state index is 11.5. The number of hydrogen-bond donors (Lipinski definition) is 2. The second kappa shape index (κ2) is 4.82. The summed E-state index contributed by atoms with van der Waals surface area (Å²) >= 11 is 0. The van der Waals surface area contributed by atoms with Gasteiger partial charge >= 0.3 is 5.69 Å². The third-order valence-corrected chi connectivity index (χ3v) is 5.17. The first-order valence-corrected chi connectivity index (χ1v) is 8.19. The first-order chi connectivity index (χ1) is 9.53. The number of imidazole rings is 1. The Bertz CT molecular complexity index is 759. The van der Waals surface area contributed by atoms with Crippen LogP contribution in [0.4, 0.5) is 5.69 Å². The van der Waals surface area contributed by atoms with Gasteiger partial charge < -0.3 is 10.3 Å².